The average Bonchev–Trinajstić information content (AvgIpc) is 2.70. The summed E-state index contributed by atoms with van der Waals surface area (Å²) in [6.07, 6.45) is -3.45. The highest BCUT2D eigenvalue weighted by molar-refractivity contribution is 5.78. The van der Waals surface area contributed by atoms with Crippen LogP contribution in [0.15, 0.2) is 12.5 Å². The molecule has 2 aliphatic rings. The van der Waals surface area contributed by atoms with Crippen LogP contribution in [-0.2, 0) is 14.3 Å². The molecule has 0 aromatic carbocycles. The Morgan fingerprint density at radius 1 is 1.42 bits per heavy atom. The molecule has 7 heteroatoms. The third-order valence-electron chi connectivity index (χ3n) is 3.40. The van der Waals surface area contributed by atoms with Crippen molar-refractivity contribution in [3.63, 3.8) is 0 Å². The van der Waals surface area contributed by atoms with Gasteiger partial charge in [-0.3, -0.25) is 9.69 Å². The molecule has 2 fully saturated rings. The number of rotatable bonds is 3. The van der Waals surface area contributed by atoms with E-state index < -0.39 is 37.3 Å². The Hall–Kier alpha value is -1.15. The summed E-state index contributed by atoms with van der Waals surface area (Å²) in [7, 11) is 0. The monoisotopic (exact) mass is 273 g/mol. The zero-order valence-corrected chi connectivity index (χ0v) is 10.7. The van der Waals surface area contributed by atoms with Gasteiger partial charge < -0.3 is 24.8 Å². The summed E-state index contributed by atoms with van der Waals surface area (Å²) in [5.74, 6) is -0.143. The molecular formula is C12H19NO6. The molecule has 0 radical (unpaired) electrons. The van der Waals surface area contributed by atoms with Gasteiger partial charge in [0.05, 0.1) is 6.61 Å². The first-order valence-electron chi connectivity index (χ1n) is 6.31. The van der Waals surface area contributed by atoms with E-state index >= 15 is 0 Å². The van der Waals surface area contributed by atoms with Crippen molar-refractivity contribution in [2.45, 2.75) is 50.4 Å². The fourth-order valence-corrected chi connectivity index (χ4v) is 2.44. The molecule has 0 aromatic rings. The first-order valence-corrected chi connectivity index (χ1v) is 6.31. The van der Waals surface area contributed by atoms with E-state index in [1.54, 1.807) is 0 Å². The summed E-state index contributed by atoms with van der Waals surface area (Å²) in [6.45, 7) is 5.04. The van der Waals surface area contributed by atoms with Crippen molar-refractivity contribution in [2.24, 2.45) is 0 Å². The zero-order chi connectivity index (χ0) is 14.2. The molecule has 19 heavy (non-hydrogen) atoms. The summed E-state index contributed by atoms with van der Waals surface area (Å²) in [6, 6.07) is -0.829. The van der Waals surface area contributed by atoms with Crippen LogP contribution in [0.25, 0.3) is 0 Å². The molecule has 3 N–H and O–H groups in total. The highest BCUT2D eigenvalue weighted by Gasteiger charge is 2.54. The van der Waals surface area contributed by atoms with Crippen molar-refractivity contribution in [1.29, 1.82) is 0 Å². The van der Waals surface area contributed by atoms with E-state index in [1.165, 1.54) is 4.90 Å². The lowest BCUT2D eigenvalue weighted by Crippen LogP contribution is -2.61. The predicted octanol–water partition coefficient (Wildman–Crippen LogP) is -1.08. The van der Waals surface area contributed by atoms with E-state index in [9.17, 15) is 15.0 Å². The Bertz CT molecular complexity index is 373. The molecule has 1 amide bonds. The third kappa shape index (κ3) is 2.34. The average molecular weight is 273 g/mol. The molecular weight excluding hydrogens is 254 g/mol. The summed E-state index contributed by atoms with van der Waals surface area (Å²) >= 11 is 0. The highest BCUT2D eigenvalue weighted by Crippen LogP contribution is 2.35. The molecule has 2 saturated heterocycles. The van der Waals surface area contributed by atoms with Crippen LogP contribution in [0.2, 0.25) is 0 Å². The van der Waals surface area contributed by atoms with E-state index in [4.69, 9.17) is 14.6 Å². The fourth-order valence-electron chi connectivity index (χ4n) is 2.44. The van der Waals surface area contributed by atoms with Crippen molar-refractivity contribution in [2.75, 3.05) is 6.61 Å². The normalized spacial score (nSPS) is 38.0. The van der Waals surface area contributed by atoms with Crippen LogP contribution >= 0.6 is 0 Å². The van der Waals surface area contributed by atoms with Gasteiger partial charge in [-0.2, -0.15) is 0 Å². The number of ether oxygens (including phenoxy) is 2. The second-order valence-corrected chi connectivity index (χ2v) is 4.72. The first-order chi connectivity index (χ1) is 9.01. The maximum absolute atomic E-state index is 12.0. The number of amides is 1. The van der Waals surface area contributed by atoms with Gasteiger partial charge >= 0.3 is 0 Å². The number of aliphatic hydroxyl groups is 3. The SMILES string of the molecule is C=C1OC2O[C@H](CO)[C@@H](O)[C@H](O)[C@H]2N1C(=O)CCC. The molecule has 2 heterocycles. The second-order valence-electron chi connectivity index (χ2n) is 4.72. The number of carbonyl (C=O) groups excluding carboxylic acids is 1. The van der Waals surface area contributed by atoms with Gasteiger partial charge in [-0.05, 0) is 13.0 Å². The minimum atomic E-state index is -1.28. The van der Waals surface area contributed by atoms with E-state index in [1.807, 2.05) is 6.92 Å². The number of aliphatic hydroxyl groups excluding tert-OH is 3. The largest absolute Gasteiger partial charge is 0.448 e. The molecule has 0 spiro atoms. The molecule has 7 nitrogen and oxygen atoms in total. The number of fused-ring (bicyclic) bond motifs is 1. The molecule has 2 aliphatic heterocycles. The number of carbonyl (C=O) groups is 1. The first kappa shape index (κ1) is 14.3. The summed E-state index contributed by atoms with van der Waals surface area (Å²) in [5.41, 5.74) is 0. The summed E-state index contributed by atoms with van der Waals surface area (Å²) in [4.78, 5) is 13.2. The molecule has 0 saturated carbocycles. The van der Waals surface area contributed by atoms with Crippen LogP contribution in [0, 0.1) is 0 Å². The van der Waals surface area contributed by atoms with Gasteiger partial charge in [0.25, 0.3) is 0 Å². The van der Waals surface area contributed by atoms with E-state index in [-0.39, 0.29) is 18.2 Å². The van der Waals surface area contributed by atoms with Crippen molar-refractivity contribution >= 4 is 5.91 Å². The minimum Gasteiger partial charge on any atom is -0.448 e. The number of hydrogen-bond acceptors (Lipinski definition) is 6. The van der Waals surface area contributed by atoms with E-state index in [0.717, 1.165) is 0 Å². The number of nitrogens with zero attached hydrogens (tertiary/aromatic N) is 1. The maximum Gasteiger partial charge on any atom is 0.229 e. The van der Waals surface area contributed by atoms with Gasteiger partial charge in [-0.15, -0.1) is 0 Å². The topological polar surface area (TPSA) is 99.5 Å². The maximum atomic E-state index is 12.0. The summed E-state index contributed by atoms with van der Waals surface area (Å²) in [5, 5.41) is 29.0. The fraction of sp³-hybridized carbons (Fsp3) is 0.750. The van der Waals surface area contributed by atoms with Crippen LogP contribution in [0.5, 0.6) is 0 Å². The Balaban J connectivity index is 2.21. The van der Waals surface area contributed by atoms with Crippen LogP contribution < -0.4 is 0 Å². The quantitative estimate of drug-likeness (QED) is 0.605. The molecule has 5 atom stereocenters. The second kappa shape index (κ2) is 5.46. The third-order valence-corrected chi connectivity index (χ3v) is 3.40. The lowest BCUT2D eigenvalue weighted by molar-refractivity contribution is -0.242. The van der Waals surface area contributed by atoms with Crippen LogP contribution in [0.1, 0.15) is 19.8 Å². The Kier molecular flexibility index (Phi) is 4.10. The number of hydrogen-bond donors (Lipinski definition) is 3. The molecule has 0 aromatic heterocycles. The lowest BCUT2D eigenvalue weighted by Gasteiger charge is -2.39. The van der Waals surface area contributed by atoms with Crippen LogP contribution in [0.3, 0.4) is 0 Å². The lowest BCUT2D eigenvalue weighted by atomic mass is 9.96. The highest BCUT2D eigenvalue weighted by atomic mass is 16.7. The van der Waals surface area contributed by atoms with Gasteiger partial charge in [0.1, 0.15) is 24.4 Å². The van der Waals surface area contributed by atoms with Crippen molar-refractivity contribution in [3.8, 4) is 0 Å². The molecule has 1 unspecified atom stereocenters. The van der Waals surface area contributed by atoms with Crippen molar-refractivity contribution in [3.05, 3.63) is 12.5 Å². The van der Waals surface area contributed by atoms with Gasteiger partial charge in [-0.1, -0.05) is 6.92 Å². The minimum absolute atomic E-state index is 0.0956. The van der Waals surface area contributed by atoms with Gasteiger partial charge in [-0.25, -0.2) is 0 Å². The smallest absolute Gasteiger partial charge is 0.229 e. The van der Waals surface area contributed by atoms with Gasteiger partial charge in [0.15, 0.2) is 5.88 Å². The molecule has 108 valence electrons. The van der Waals surface area contributed by atoms with E-state index in [2.05, 4.69) is 6.58 Å². The molecule has 0 aliphatic carbocycles. The molecule has 2 rings (SSSR count). The van der Waals surface area contributed by atoms with Crippen molar-refractivity contribution in [1.82, 2.24) is 4.90 Å². The van der Waals surface area contributed by atoms with Crippen LogP contribution in [-0.4, -0.2) is 63.4 Å². The van der Waals surface area contributed by atoms with Crippen LogP contribution in [0.4, 0.5) is 0 Å². The van der Waals surface area contributed by atoms with E-state index in [0.29, 0.717) is 6.42 Å². The zero-order valence-electron chi connectivity index (χ0n) is 10.7. The standard InChI is InChI=1S/C12H19NO6/c1-3-4-8(15)13-6(2)18-12-9(13)11(17)10(16)7(5-14)19-12/h7,9-12,14,16-17H,2-5H2,1H3/t7-,9-,10-,11-,12?/m1/s1. The predicted molar refractivity (Wildman–Crippen MR) is 63.5 cm³/mol. The summed E-state index contributed by atoms with van der Waals surface area (Å²) < 4.78 is 10.6. The molecule has 0 bridgehead atoms. The Morgan fingerprint density at radius 2 is 2.11 bits per heavy atom. The van der Waals surface area contributed by atoms with Gasteiger partial charge in [0.2, 0.25) is 12.2 Å². The Morgan fingerprint density at radius 3 is 2.68 bits per heavy atom. The van der Waals surface area contributed by atoms with Crippen molar-refractivity contribution < 1.29 is 29.6 Å². The Labute approximate surface area is 111 Å². The van der Waals surface area contributed by atoms with Gasteiger partial charge in [0, 0.05) is 6.42 Å².